The number of para-hydroxylation sites is 1. The van der Waals surface area contributed by atoms with Gasteiger partial charge in [0.1, 0.15) is 25.7 Å². The van der Waals surface area contributed by atoms with E-state index >= 15 is 0 Å². The van der Waals surface area contributed by atoms with Gasteiger partial charge in [0.05, 0.1) is 5.52 Å². The molecular formula is C31H35N4O2+. The van der Waals surface area contributed by atoms with E-state index in [9.17, 15) is 9.59 Å². The van der Waals surface area contributed by atoms with Gasteiger partial charge in [0, 0.05) is 35.6 Å². The van der Waals surface area contributed by atoms with Gasteiger partial charge in [-0.2, -0.15) is 5.43 Å². The Morgan fingerprint density at radius 3 is 2.43 bits per heavy atom. The van der Waals surface area contributed by atoms with Crippen LogP contribution in [0.25, 0.3) is 21.7 Å². The van der Waals surface area contributed by atoms with Crippen molar-refractivity contribution in [2.24, 2.45) is 5.92 Å². The van der Waals surface area contributed by atoms with Crippen molar-refractivity contribution in [1.29, 1.82) is 0 Å². The van der Waals surface area contributed by atoms with Gasteiger partial charge in [-0.05, 0) is 47.4 Å². The number of nitrogens with one attached hydrogen (secondary N) is 2. The molecule has 0 radical (unpaired) electrons. The molecule has 0 unspecified atom stereocenters. The average Bonchev–Trinajstić information content (AvgIpc) is 3.35. The molecule has 0 aliphatic carbocycles. The number of fused-ring (bicyclic) bond motifs is 2. The van der Waals surface area contributed by atoms with Gasteiger partial charge in [-0.25, -0.2) is 4.59 Å². The topological polar surface area (TPSA) is 71.1 Å². The number of carbonyl (C=O) groups excluding carboxylic acids is 2. The number of carbonyl (C=O) groups is 2. The molecule has 6 heteroatoms. The van der Waals surface area contributed by atoms with Gasteiger partial charge in [-0.3, -0.25) is 14.6 Å². The van der Waals surface area contributed by atoms with Crippen molar-refractivity contribution in [3.05, 3.63) is 90.1 Å². The van der Waals surface area contributed by atoms with Gasteiger partial charge in [-0.1, -0.05) is 62.4 Å². The smallest absolute Gasteiger partial charge is 0.287 e. The van der Waals surface area contributed by atoms with Crippen LogP contribution in [-0.2, 0) is 11.3 Å². The highest BCUT2D eigenvalue weighted by atomic mass is 16.2. The number of quaternary nitrogens is 1. The number of benzene rings is 3. The Morgan fingerprint density at radius 1 is 0.919 bits per heavy atom. The van der Waals surface area contributed by atoms with Crippen LogP contribution in [0.3, 0.4) is 0 Å². The molecule has 37 heavy (non-hydrogen) atoms. The molecule has 5 rings (SSSR count). The number of hydrogen-bond donors (Lipinski definition) is 2. The minimum atomic E-state index is -0.608. The molecule has 0 spiro atoms. The fourth-order valence-corrected chi connectivity index (χ4v) is 5.46. The first kappa shape index (κ1) is 24.9. The molecule has 1 fully saturated rings. The van der Waals surface area contributed by atoms with Crippen molar-refractivity contribution < 1.29 is 14.2 Å². The van der Waals surface area contributed by atoms with Crippen LogP contribution in [0.1, 0.15) is 49.0 Å². The van der Waals surface area contributed by atoms with Gasteiger partial charge in [0.2, 0.25) is 0 Å². The standard InChI is InChI=1S/C31H34N4O2/c1-22(2)19-29(33-30(36)25-14-13-23-9-3-4-10-24(23)20-25)31(37)34-35(17-7-8-18-35)21-26-15-16-32-28-12-6-5-11-27(26)28/h3-6,9-16,20,22,29H,7-8,17-19,21H2,1-2H3,(H-,33,34,36,37)/p+1/t29-/m0/s1. The van der Waals surface area contributed by atoms with Crippen molar-refractivity contribution >= 4 is 33.5 Å². The summed E-state index contributed by atoms with van der Waals surface area (Å²) in [5, 5.41) is 6.25. The quantitative estimate of drug-likeness (QED) is 0.323. The van der Waals surface area contributed by atoms with Gasteiger partial charge >= 0.3 is 0 Å². The maximum absolute atomic E-state index is 13.7. The highest BCUT2D eigenvalue weighted by Crippen LogP contribution is 2.25. The Kier molecular flexibility index (Phi) is 7.19. The van der Waals surface area contributed by atoms with Crippen molar-refractivity contribution in [2.45, 2.75) is 45.7 Å². The molecular weight excluding hydrogens is 460 g/mol. The first-order chi connectivity index (χ1) is 17.9. The number of likely N-dealkylation sites (tertiary alicyclic amines) is 1. The zero-order valence-electron chi connectivity index (χ0n) is 21.6. The van der Waals surface area contributed by atoms with Crippen LogP contribution in [0.2, 0.25) is 0 Å². The number of rotatable bonds is 8. The fraction of sp³-hybridized carbons (Fsp3) is 0.323. The number of hydrogen-bond acceptors (Lipinski definition) is 3. The number of nitrogens with zero attached hydrogens (tertiary/aromatic N) is 2. The van der Waals surface area contributed by atoms with E-state index in [4.69, 9.17) is 0 Å². The molecule has 1 atom stereocenters. The van der Waals surface area contributed by atoms with Crippen LogP contribution in [-0.4, -0.2) is 40.5 Å². The summed E-state index contributed by atoms with van der Waals surface area (Å²) in [4.78, 5) is 31.5. The molecule has 0 bridgehead atoms. The Morgan fingerprint density at radius 2 is 1.65 bits per heavy atom. The summed E-state index contributed by atoms with van der Waals surface area (Å²) >= 11 is 0. The molecule has 1 aliphatic heterocycles. The van der Waals surface area contributed by atoms with Gasteiger partial charge < -0.3 is 5.32 Å². The summed E-state index contributed by atoms with van der Waals surface area (Å²) in [5.41, 5.74) is 6.06. The third-order valence-corrected chi connectivity index (χ3v) is 7.32. The van der Waals surface area contributed by atoms with E-state index in [0.29, 0.717) is 23.1 Å². The summed E-state index contributed by atoms with van der Waals surface area (Å²) < 4.78 is 0.493. The van der Waals surface area contributed by atoms with Crippen LogP contribution in [0.5, 0.6) is 0 Å². The first-order valence-electron chi connectivity index (χ1n) is 13.2. The van der Waals surface area contributed by atoms with Crippen molar-refractivity contribution in [3.63, 3.8) is 0 Å². The third kappa shape index (κ3) is 5.65. The van der Waals surface area contributed by atoms with E-state index in [0.717, 1.165) is 47.6 Å². The predicted octanol–water partition coefficient (Wildman–Crippen LogP) is 5.37. The Balaban J connectivity index is 1.36. The van der Waals surface area contributed by atoms with Gasteiger partial charge in [0.25, 0.3) is 11.8 Å². The molecule has 2 N–H and O–H groups in total. The average molecular weight is 496 g/mol. The fourth-order valence-electron chi connectivity index (χ4n) is 5.46. The molecule has 1 aromatic heterocycles. The lowest BCUT2D eigenvalue weighted by atomic mass is 10.0. The SMILES string of the molecule is CC(C)C[C@H](NC(=O)c1ccc2ccccc2c1)C(=O)N[N+]1(Cc2ccnc3ccccc23)CCCC1. The monoisotopic (exact) mass is 495 g/mol. The molecule has 2 heterocycles. The molecule has 3 aromatic carbocycles. The molecule has 190 valence electrons. The second-order valence-electron chi connectivity index (χ2n) is 10.6. The molecule has 2 amide bonds. The van der Waals surface area contributed by atoms with E-state index in [2.05, 4.69) is 41.7 Å². The highest BCUT2D eigenvalue weighted by molar-refractivity contribution is 6.00. The minimum absolute atomic E-state index is 0.122. The first-order valence-corrected chi connectivity index (χ1v) is 13.2. The van der Waals surface area contributed by atoms with Gasteiger partial charge in [-0.15, -0.1) is 0 Å². The summed E-state index contributed by atoms with van der Waals surface area (Å²) in [6, 6.07) is 23.2. The third-order valence-electron chi connectivity index (χ3n) is 7.32. The molecule has 1 aliphatic rings. The summed E-state index contributed by atoms with van der Waals surface area (Å²) in [5.74, 6) is -0.0911. The van der Waals surface area contributed by atoms with E-state index < -0.39 is 6.04 Å². The largest absolute Gasteiger partial charge is 0.340 e. The van der Waals surface area contributed by atoms with Crippen LogP contribution in [0, 0.1) is 5.92 Å². The van der Waals surface area contributed by atoms with E-state index in [-0.39, 0.29) is 17.7 Å². The van der Waals surface area contributed by atoms with Crippen LogP contribution < -0.4 is 10.7 Å². The summed E-state index contributed by atoms with van der Waals surface area (Å²) in [7, 11) is 0. The van der Waals surface area contributed by atoms with Crippen LogP contribution >= 0.6 is 0 Å². The zero-order valence-corrected chi connectivity index (χ0v) is 21.6. The second kappa shape index (κ2) is 10.7. The number of pyridine rings is 1. The minimum Gasteiger partial charge on any atom is -0.340 e. The lowest BCUT2D eigenvalue weighted by Gasteiger charge is -2.35. The number of aromatic nitrogens is 1. The Hall–Kier alpha value is -3.77. The molecule has 4 aromatic rings. The Bertz CT molecular complexity index is 1420. The van der Waals surface area contributed by atoms with E-state index in [1.54, 1.807) is 0 Å². The van der Waals surface area contributed by atoms with Crippen molar-refractivity contribution in [1.82, 2.24) is 15.7 Å². The lowest BCUT2D eigenvalue weighted by molar-refractivity contribution is -0.963. The maximum Gasteiger partial charge on any atom is 0.287 e. The van der Waals surface area contributed by atoms with Crippen LogP contribution in [0.15, 0.2) is 79.0 Å². The lowest BCUT2D eigenvalue weighted by Crippen LogP contribution is -2.62. The summed E-state index contributed by atoms with van der Waals surface area (Å²) in [6.07, 6.45) is 4.53. The second-order valence-corrected chi connectivity index (χ2v) is 10.6. The van der Waals surface area contributed by atoms with Crippen molar-refractivity contribution in [3.8, 4) is 0 Å². The van der Waals surface area contributed by atoms with Crippen LogP contribution in [0.4, 0.5) is 0 Å². The Labute approximate surface area is 218 Å². The zero-order chi connectivity index (χ0) is 25.8. The maximum atomic E-state index is 13.7. The summed E-state index contributed by atoms with van der Waals surface area (Å²) in [6.45, 7) is 6.59. The van der Waals surface area contributed by atoms with E-state index in [1.165, 1.54) is 5.56 Å². The van der Waals surface area contributed by atoms with E-state index in [1.807, 2.05) is 66.9 Å². The molecule has 1 saturated heterocycles. The van der Waals surface area contributed by atoms with Crippen molar-refractivity contribution in [2.75, 3.05) is 13.1 Å². The van der Waals surface area contributed by atoms with Gasteiger partial charge in [0.15, 0.2) is 0 Å². The highest BCUT2D eigenvalue weighted by Gasteiger charge is 2.37. The molecule has 6 nitrogen and oxygen atoms in total. The predicted molar refractivity (Wildman–Crippen MR) is 147 cm³/mol. The molecule has 0 saturated carbocycles. The normalized spacial score (nSPS) is 15.6. The number of amides is 2.